The van der Waals surface area contributed by atoms with Crippen LogP contribution in [0.25, 0.3) is 16.9 Å². The van der Waals surface area contributed by atoms with E-state index in [0.717, 1.165) is 6.92 Å². The molecule has 1 saturated carbocycles. The second-order valence-corrected chi connectivity index (χ2v) is 14.5. The van der Waals surface area contributed by atoms with Gasteiger partial charge in [0.2, 0.25) is 11.6 Å². The first-order valence-corrected chi connectivity index (χ1v) is 16.4. The number of aromatic hydroxyl groups is 1. The van der Waals surface area contributed by atoms with Gasteiger partial charge in [0, 0.05) is 35.7 Å². The largest absolute Gasteiger partial charge is 0.508 e. The van der Waals surface area contributed by atoms with E-state index in [9.17, 15) is 48.4 Å². The Morgan fingerprint density at radius 3 is 2.31 bits per heavy atom. The molecule has 0 amide bonds. The van der Waals surface area contributed by atoms with E-state index in [1.165, 1.54) is 6.07 Å². The first kappa shape index (κ1) is 35.9. The lowest BCUT2D eigenvalue weighted by Gasteiger charge is -2.59. The Morgan fingerprint density at radius 2 is 1.73 bits per heavy atom. The number of ketones is 4. The highest BCUT2D eigenvalue weighted by Crippen LogP contribution is 2.65. The molecule has 49 heavy (non-hydrogen) atoms. The topological polar surface area (TPSA) is 158 Å². The number of hydrogen-bond donors (Lipinski definition) is 4. The lowest BCUT2D eigenvalue weighted by atomic mass is 9.43. The van der Waals surface area contributed by atoms with Gasteiger partial charge in [-0.05, 0) is 79.5 Å². The molecule has 1 unspecified atom stereocenters. The molecule has 0 radical (unpaired) electrons. The molecule has 3 aliphatic carbocycles. The number of ether oxygens (including phenoxy) is 1. The summed E-state index contributed by atoms with van der Waals surface area (Å²) < 4.78 is 33.1. The fourth-order valence-electron chi connectivity index (χ4n) is 8.69. The molecule has 1 fully saturated rings. The Bertz CT molecular complexity index is 1870. The van der Waals surface area contributed by atoms with Crippen molar-refractivity contribution in [2.75, 3.05) is 6.61 Å². The maximum absolute atomic E-state index is 14.5. The van der Waals surface area contributed by atoms with E-state index >= 15 is 0 Å². The number of aliphatic hydroxyl groups excluding tert-OH is 2. The van der Waals surface area contributed by atoms with Crippen LogP contribution in [0.2, 0.25) is 0 Å². The van der Waals surface area contributed by atoms with Gasteiger partial charge in [-0.1, -0.05) is 39.8 Å². The summed E-state index contributed by atoms with van der Waals surface area (Å²) in [4.78, 5) is 53.0. The second kappa shape index (κ2) is 11.9. The Hall–Kier alpha value is -4.38. The first-order chi connectivity index (χ1) is 22.7. The number of alkyl halides is 2. The van der Waals surface area contributed by atoms with Crippen LogP contribution >= 0.6 is 0 Å². The van der Waals surface area contributed by atoms with Gasteiger partial charge in [-0.25, -0.2) is 0 Å². The van der Waals surface area contributed by atoms with Gasteiger partial charge in [-0.3, -0.25) is 19.2 Å². The summed E-state index contributed by atoms with van der Waals surface area (Å²) in [5.74, 6) is -10.4. The zero-order valence-electron chi connectivity index (χ0n) is 28.7. The molecule has 4 atom stereocenters. The highest BCUT2D eigenvalue weighted by atomic mass is 19.3. The van der Waals surface area contributed by atoms with Crippen LogP contribution < -0.4 is 4.74 Å². The average Bonchev–Trinajstić information content (AvgIpc) is 2.97. The smallest absolute Gasteiger partial charge is 0.302 e. The summed E-state index contributed by atoms with van der Waals surface area (Å²) in [7, 11) is 0. The monoisotopic (exact) mass is 680 g/mol. The highest BCUT2D eigenvalue weighted by molar-refractivity contribution is 6.24. The molecule has 2 aromatic rings. The van der Waals surface area contributed by atoms with Crippen LogP contribution in [-0.2, 0) is 32.0 Å². The predicted octanol–water partition coefficient (Wildman–Crippen LogP) is 6.41. The Balaban J connectivity index is 1.71. The van der Waals surface area contributed by atoms with Gasteiger partial charge in [0.05, 0.1) is 12.2 Å². The number of hydrogen-bond acceptors (Lipinski definition) is 9. The normalized spacial score (nSPS) is 26.8. The lowest BCUT2D eigenvalue weighted by molar-refractivity contribution is -0.178. The van der Waals surface area contributed by atoms with E-state index in [-0.39, 0.29) is 42.8 Å². The van der Waals surface area contributed by atoms with Crippen LogP contribution in [0.3, 0.4) is 0 Å². The minimum Gasteiger partial charge on any atom is -0.508 e. The van der Waals surface area contributed by atoms with Crippen molar-refractivity contribution in [1.29, 1.82) is 0 Å². The van der Waals surface area contributed by atoms with E-state index in [4.69, 9.17) is 4.74 Å². The van der Waals surface area contributed by atoms with E-state index in [1.54, 1.807) is 58.9 Å². The van der Waals surface area contributed by atoms with Crippen LogP contribution in [0.4, 0.5) is 8.78 Å². The number of phenolic OH excluding ortho intramolecular Hbond substituents is 1. The molecule has 0 heterocycles. The van der Waals surface area contributed by atoms with Gasteiger partial charge in [-0.2, -0.15) is 8.78 Å². The van der Waals surface area contributed by atoms with Gasteiger partial charge in [0.1, 0.15) is 28.6 Å². The van der Waals surface area contributed by atoms with Gasteiger partial charge >= 0.3 is 5.92 Å². The number of rotatable bonds is 9. The number of Topliss-reactive ketones (excluding diaryl/α,β-unsaturated/α-hetero) is 4. The molecule has 9 nitrogen and oxygen atoms in total. The Labute approximate surface area is 283 Å². The van der Waals surface area contributed by atoms with E-state index in [1.807, 2.05) is 0 Å². The third kappa shape index (κ3) is 5.28. The maximum Gasteiger partial charge on any atom is 0.302 e. The van der Waals surface area contributed by atoms with Gasteiger partial charge in [0.15, 0.2) is 17.2 Å². The number of aryl methyl sites for hydroxylation is 1. The van der Waals surface area contributed by atoms with Crippen LogP contribution in [0, 0.1) is 22.7 Å². The summed E-state index contributed by atoms with van der Waals surface area (Å²) in [6.45, 7) is 10.4. The zero-order chi connectivity index (χ0) is 36.6. The van der Waals surface area contributed by atoms with Crippen LogP contribution in [-0.4, -0.2) is 61.7 Å². The van der Waals surface area contributed by atoms with Gasteiger partial charge < -0.3 is 25.2 Å². The summed E-state index contributed by atoms with van der Waals surface area (Å²) in [5, 5.41) is 46.5. The van der Waals surface area contributed by atoms with Crippen molar-refractivity contribution < 1.29 is 53.1 Å². The van der Waals surface area contributed by atoms with Crippen molar-refractivity contribution in [3.05, 3.63) is 63.9 Å². The minimum absolute atomic E-state index is 0.0337. The van der Waals surface area contributed by atoms with E-state index < -0.39 is 80.8 Å². The lowest BCUT2D eigenvalue weighted by Crippen LogP contribution is -2.69. The summed E-state index contributed by atoms with van der Waals surface area (Å²) in [5.41, 5.74) is -4.47. The van der Waals surface area contributed by atoms with Crippen molar-refractivity contribution in [3.8, 4) is 22.6 Å². The van der Waals surface area contributed by atoms with E-state index in [0.29, 0.717) is 34.9 Å². The number of halogens is 2. The zero-order valence-corrected chi connectivity index (χ0v) is 28.7. The summed E-state index contributed by atoms with van der Waals surface area (Å²) in [6, 6.07) is 8.03. The standard InChI is InChI=1S/C38H42F2O9/c1-8-49-25-13-9-20(15-21(25)10-14-26(43)37(7,39)40)22-11-12-24(42)28-23(22)16-35(5)17-36(6)29(18(2)3)31(44)27(19(4)41)33(46)38(36,48)34(47)30(35)32(28)45/h9,11-13,15,18,29,42,45-46,48H,8,10,14,16-17H2,1-7H3/t29?,35-,36-,38+/m1/s1. The van der Waals surface area contributed by atoms with Crippen molar-refractivity contribution >= 4 is 28.9 Å². The number of phenols is 1. The van der Waals surface area contributed by atoms with Gasteiger partial charge in [0.25, 0.3) is 0 Å². The Kier molecular flexibility index (Phi) is 8.72. The number of allylic oxidation sites excluding steroid dienone is 1. The molecule has 5 rings (SSSR count). The molecule has 262 valence electrons. The van der Waals surface area contributed by atoms with Crippen molar-refractivity contribution in [2.24, 2.45) is 22.7 Å². The molecule has 0 saturated heterocycles. The van der Waals surface area contributed by atoms with E-state index in [2.05, 4.69) is 0 Å². The summed E-state index contributed by atoms with van der Waals surface area (Å²) >= 11 is 0. The SMILES string of the molecule is CCOc1ccc(-c2ccc(O)c3c2C[C@]2(C)C[C@]4(C)C(C(C)C)C(=O)C(C(C)=O)=C(O)[C@]4(O)C(=O)C2=C3O)cc1CCC(=O)C(C)(F)F. The van der Waals surface area contributed by atoms with Crippen molar-refractivity contribution in [2.45, 2.75) is 85.7 Å². The van der Waals surface area contributed by atoms with Crippen LogP contribution in [0.1, 0.15) is 78.0 Å². The second-order valence-electron chi connectivity index (χ2n) is 14.5. The minimum atomic E-state index is -3.49. The molecular weight excluding hydrogens is 638 g/mol. The number of benzene rings is 2. The quantitative estimate of drug-likeness (QED) is 0.220. The van der Waals surface area contributed by atoms with Crippen LogP contribution in [0.15, 0.2) is 47.2 Å². The first-order valence-electron chi connectivity index (χ1n) is 16.4. The molecule has 0 aliphatic heterocycles. The molecule has 0 aromatic heterocycles. The average molecular weight is 681 g/mol. The van der Waals surface area contributed by atoms with Gasteiger partial charge in [-0.15, -0.1) is 0 Å². The molecule has 3 aliphatic rings. The third-order valence-corrected chi connectivity index (χ3v) is 10.7. The third-order valence-electron chi connectivity index (χ3n) is 10.7. The van der Waals surface area contributed by atoms with Crippen molar-refractivity contribution in [1.82, 2.24) is 0 Å². The molecule has 11 heteroatoms. The molecule has 0 spiro atoms. The number of carbonyl (C=O) groups is 4. The maximum atomic E-state index is 14.5. The summed E-state index contributed by atoms with van der Waals surface area (Å²) in [6.07, 6.45) is -0.484. The fourth-order valence-corrected chi connectivity index (χ4v) is 8.69. The molecular formula is C38H42F2O9. The van der Waals surface area contributed by atoms with Crippen LogP contribution in [0.5, 0.6) is 11.5 Å². The number of aliphatic hydroxyl groups is 3. The Morgan fingerprint density at radius 1 is 1.08 bits per heavy atom. The highest BCUT2D eigenvalue weighted by Gasteiger charge is 2.72. The van der Waals surface area contributed by atoms with Crippen molar-refractivity contribution in [3.63, 3.8) is 0 Å². The molecule has 4 N–H and O–H groups in total. The fraction of sp³-hybridized carbons (Fsp3) is 0.474. The molecule has 0 bridgehead atoms. The number of fused-ring (bicyclic) bond motifs is 3. The predicted molar refractivity (Wildman–Crippen MR) is 176 cm³/mol. The molecule has 2 aromatic carbocycles. The number of carbonyl (C=O) groups excluding carboxylic acids is 4.